The molecule has 2 rings (SSSR count). The summed E-state index contributed by atoms with van der Waals surface area (Å²) >= 11 is 0. The number of aromatic nitrogens is 1. The Balaban J connectivity index is 2.25. The van der Waals surface area contributed by atoms with E-state index in [1.54, 1.807) is 55.5 Å². The van der Waals surface area contributed by atoms with Gasteiger partial charge in [-0.3, -0.25) is 4.98 Å². The summed E-state index contributed by atoms with van der Waals surface area (Å²) in [6.07, 6.45) is 3.67. The van der Waals surface area contributed by atoms with Crippen molar-refractivity contribution >= 4 is 23.5 Å². The molecule has 2 aromatic rings. The fourth-order valence-corrected chi connectivity index (χ4v) is 2.12. The Hall–Kier alpha value is -3.94. The maximum absolute atomic E-state index is 12.3. The van der Waals surface area contributed by atoms with Gasteiger partial charge in [-0.05, 0) is 31.2 Å². The first-order valence-corrected chi connectivity index (χ1v) is 8.66. The van der Waals surface area contributed by atoms with Crippen LogP contribution in [0.2, 0.25) is 0 Å². The van der Waals surface area contributed by atoms with Gasteiger partial charge < -0.3 is 19.5 Å². The largest absolute Gasteiger partial charge is 0.464 e. The average molecular weight is 396 g/mol. The molecule has 29 heavy (non-hydrogen) atoms. The number of nitrogens with one attached hydrogen (secondary N) is 1. The molecule has 0 unspecified atom stereocenters. The number of hydrogen-bond acceptors (Lipinski definition) is 8. The molecule has 150 valence electrons. The zero-order valence-corrected chi connectivity index (χ0v) is 16.0. The van der Waals surface area contributed by atoms with Gasteiger partial charge in [-0.2, -0.15) is 0 Å². The van der Waals surface area contributed by atoms with Crippen molar-refractivity contribution in [1.29, 1.82) is 0 Å². The second-order valence-corrected chi connectivity index (χ2v) is 5.43. The molecule has 0 amide bonds. The van der Waals surface area contributed by atoms with Crippen LogP contribution < -0.4 is 5.32 Å². The van der Waals surface area contributed by atoms with Crippen LogP contribution in [0.3, 0.4) is 0 Å². The Morgan fingerprint density at radius 3 is 2.38 bits per heavy atom. The molecule has 1 heterocycles. The van der Waals surface area contributed by atoms with E-state index in [9.17, 15) is 14.4 Å². The highest BCUT2D eigenvalue weighted by Gasteiger charge is 2.17. The van der Waals surface area contributed by atoms with Crippen LogP contribution in [0.25, 0.3) is 5.57 Å². The molecule has 0 spiro atoms. The number of methoxy groups -OCH3 is 1. The second-order valence-electron chi connectivity index (χ2n) is 5.43. The smallest absolute Gasteiger partial charge is 0.357 e. The lowest BCUT2D eigenvalue weighted by Crippen LogP contribution is -2.20. The summed E-state index contributed by atoms with van der Waals surface area (Å²) in [6, 6.07) is 13.3. The fraction of sp³-hybridized carbons (Fsp3) is 0.143. The molecule has 0 aliphatic heterocycles. The molecule has 1 N–H and O–H groups in total. The van der Waals surface area contributed by atoms with E-state index in [0.29, 0.717) is 11.3 Å². The number of nitrogens with zero attached hydrogens (tertiary/aromatic N) is 1. The predicted octanol–water partition coefficient (Wildman–Crippen LogP) is 2.45. The van der Waals surface area contributed by atoms with Crippen molar-refractivity contribution < 1.29 is 28.6 Å². The predicted molar refractivity (Wildman–Crippen MR) is 104 cm³/mol. The van der Waals surface area contributed by atoms with Gasteiger partial charge in [0.2, 0.25) is 0 Å². The van der Waals surface area contributed by atoms with Crippen molar-refractivity contribution in [1.82, 2.24) is 10.3 Å². The first-order chi connectivity index (χ1) is 14.1. The lowest BCUT2D eigenvalue weighted by molar-refractivity contribution is -0.137. The zero-order chi connectivity index (χ0) is 21.1. The summed E-state index contributed by atoms with van der Waals surface area (Å²) < 4.78 is 14.7. The minimum atomic E-state index is -0.800. The molecule has 0 saturated carbocycles. The van der Waals surface area contributed by atoms with E-state index in [1.807, 2.05) is 0 Å². The fourth-order valence-electron chi connectivity index (χ4n) is 2.12. The number of benzene rings is 1. The molecule has 8 nitrogen and oxygen atoms in total. The lowest BCUT2D eigenvalue weighted by Gasteiger charge is -2.09. The van der Waals surface area contributed by atoms with Crippen LogP contribution in [0.4, 0.5) is 0 Å². The average Bonchev–Trinajstić information content (AvgIpc) is 2.76. The van der Waals surface area contributed by atoms with Crippen LogP contribution in [0.15, 0.2) is 72.9 Å². The third-order valence-electron chi connectivity index (χ3n) is 3.51. The van der Waals surface area contributed by atoms with E-state index in [4.69, 9.17) is 9.47 Å². The molecule has 1 aromatic heterocycles. The SMILES string of the molecule is CCOC(=O)/C(=C\N/C(=C\OC(=O)c1ccccc1)C(=O)OC)c1ccccn1. The van der Waals surface area contributed by atoms with Crippen LogP contribution in [0.1, 0.15) is 23.0 Å². The number of hydrogen-bond donors (Lipinski definition) is 1. The quantitative estimate of drug-likeness (QED) is 0.314. The van der Waals surface area contributed by atoms with Crippen LogP contribution in [-0.2, 0) is 23.8 Å². The van der Waals surface area contributed by atoms with Gasteiger partial charge in [-0.25, -0.2) is 14.4 Å². The van der Waals surface area contributed by atoms with Gasteiger partial charge in [0.15, 0.2) is 5.70 Å². The van der Waals surface area contributed by atoms with E-state index in [1.165, 1.54) is 19.5 Å². The Kier molecular flexibility index (Phi) is 8.12. The molecular formula is C21H20N2O6. The molecular weight excluding hydrogens is 376 g/mol. The number of esters is 3. The van der Waals surface area contributed by atoms with Crippen molar-refractivity contribution in [2.75, 3.05) is 13.7 Å². The zero-order valence-electron chi connectivity index (χ0n) is 16.0. The van der Waals surface area contributed by atoms with Crippen molar-refractivity contribution in [3.05, 3.63) is 84.1 Å². The van der Waals surface area contributed by atoms with E-state index in [0.717, 1.165) is 6.26 Å². The van der Waals surface area contributed by atoms with Crippen molar-refractivity contribution in [3.63, 3.8) is 0 Å². The topological polar surface area (TPSA) is 104 Å². The third-order valence-corrected chi connectivity index (χ3v) is 3.51. The van der Waals surface area contributed by atoms with Crippen LogP contribution >= 0.6 is 0 Å². The highest BCUT2D eigenvalue weighted by Crippen LogP contribution is 2.13. The minimum absolute atomic E-state index is 0.0802. The van der Waals surface area contributed by atoms with E-state index in [-0.39, 0.29) is 17.9 Å². The Labute approximate surface area is 167 Å². The summed E-state index contributed by atoms with van der Waals surface area (Å²) in [5.41, 5.74) is 0.527. The molecule has 0 aliphatic carbocycles. The third kappa shape index (κ3) is 6.31. The highest BCUT2D eigenvalue weighted by atomic mass is 16.5. The Bertz CT molecular complexity index is 907. The van der Waals surface area contributed by atoms with Crippen LogP contribution in [0, 0.1) is 0 Å². The molecule has 0 saturated heterocycles. The monoisotopic (exact) mass is 396 g/mol. The molecule has 0 atom stereocenters. The Morgan fingerprint density at radius 2 is 1.76 bits per heavy atom. The summed E-state index contributed by atoms with van der Waals surface area (Å²) in [5, 5.41) is 2.62. The standard InChI is InChI=1S/C21H20N2O6/c1-3-28-20(25)16(17-11-7-8-12-22-17)13-23-18(21(26)27-2)14-29-19(24)15-9-5-4-6-10-15/h4-14,23H,3H2,1-2H3/b16-13-,18-14-. The highest BCUT2D eigenvalue weighted by molar-refractivity contribution is 6.15. The Morgan fingerprint density at radius 1 is 1.03 bits per heavy atom. The summed E-state index contributed by atoms with van der Waals surface area (Å²) in [7, 11) is 1.17. The van der Waals surface area contributed by atoms with Crippen molar-refractivity contribution in [2.45, 2.75) is 6.92 Å². The maximum atomic E-state index is 12.3. The number of rotatable bonds is 8. The number of ether oxygens (including phenoxy) is 3. The van der Waals surface area contributed by atoms with Gasteiger partial charge in [0.05, 0.1) is 25.0 Å². The number of pyridine rings is 1. The normalized spacial score (nSPS) is 11.4. The van der Waals surface area contributed by atoms with Crippen LogP contribution in [-0.4, -0.2) is 36.6 Å². The van der Waals surface area contributed by atoms with Gasteiger partial charge >= 0.3 is 17.9 Å². The van der Waals surface area contributed by atoms with Gasteiger partial charge in [0.1, 0.15) is 11.8 Å². The molecule has 0 bridgehead atoms. The minimum Gasteiger partial charge on any atom is -0.464 e. The van der Waals surface area contributed by atoms with E-state index >= 15 is 0 Å². The van der Waals surface area contributed by atoms with Crippen molar-refractivity contribution in [2.24, 2.45) is 0 Å². The van der Waals surface area contributed by atoms with Gasteiger partial charge in [-0.15, -0.1) is 0 Å². The maximum Gasteiger partial charge on any atom is 0.357 e. The lowest BCUT2D eigenvalue weighted by atomic mass is 10.2. The molecule has 1 aromatic carbocycles. The summed E-state index contributed by atoms with van der Waals surface area (Å²) in [5.74, 6) is -2.09. The first kappa shape index (κ1) is 21.4. The van der Waals surface area contributed by atoms with Gasteiger partial charge in [-0.1, -0.05) is 24.3 Å². The number of carbonyl (C=O) groups excluding carboxylic acids is 3. The summed E-state index contributed by atoms with van der Waals surface area (Å²) in [4.78, 5) is 40.4. The van der Waals surface area contributed by atoms with E-state index in [2.05, 4.69) is 15.0 Å². The van der Waals surface area contributed by atoms with Gasteiger partial charge in [0.25, 0.3) is 0 Å². The van der Waals surface area contributed by atoms with Crippen molar-refractivity contribution in [3.8, 4) is 0 Å². The molecule has 0 fully saturated rings. The summed E-state index contributed by atoms with van der Waals surface area (Å²) in [6.45, 7) is 1.83. The van der Waals surface area contributed by atoms with E-state index < -0.39 is 17.9 Å². The second kappa shape index (κ2) is 11.0. The van der Waals surface area contributed by atoms with Crippen LogP contribution in [0.5, 0.6) is 0 Å². The molecule has 0 radical (unpaired) electrons. The van der Waals surface area contributed by atoms with Gasteiger partial charge in [0, 0.05) is 12.4 Å². The number of carbonyl (C=O) groups is 3. The first-order valence-electron chi connectivity index (χ1n) is 8.66. The molecule has 0 aliphatic rings. The molecule has 8 heteroatoms.